The second kappa shape index (κ2) is 6.64. The molecule has 0 unspecified atom stereocenters. The van der Waals surface area contributed by atoms with Crippen molar-refractivity contribution in [2.24, 2.45) is 5.73 Å². The first-order chi connectivity index (χ1) is 8.91. The average molecular weight is 333 g/mol. The van der Waals surface area contributed by atoms with Gasteiger partial charge in [-0.05, 0) is 25.8 Å². The Morgan fingerprint density at radius 3 is 2.84 bits per heavy atom. The summed E-state index contributed by atoms with van der Waals surface area (Å²) in [6, 6.07) is 1.04. The number of carbonyl (C=O) groups excluding carboxylic acids is 2. The Morgan fingerprint density at radius 2 is 2.26 bits per heavy atom. The molecule has 1 heterocycles. The number of nitrogens with one attached hydrogen (secondary N) is 1. The molecule has 0 fully saturated rings. The van der Waals surface area contributed by atoms with Crippen LogP contribution >= 0.6 is 15.9 Å². The fourth-order valence-corrected chi connectivity index (χ4v) is 1.51. The molecular weight excluding hydrogens is 324 g/mol. The van der Waals surface area contributed by atoms with E-state index in [2.05, 4.69) is 31.0 Å². The van der Waals surface area contributed by atoms with Crippen molar-refractivity contribution in [1.29, 1.82) is 0 Å². The zero-order chi connectivity index (χ0) is 14.4. The zero-order valence-corrected chi connectivity index (χ0v) is 11.0. The summed E-state index contributed by atoms with van der Waals surface area (Å²) < 4.78 is 4.72. The van der Waals surface area contributed by atoms with Gasteiger partial charge in [0, 0.05) is 6.07 Å². The monoisotopic (exact) mass is 332 g/mol. The van der Waals surface area contributed by atoms with E-state index in [4.69, 9.17) is 5.73 Å². The Hall–Kier alpha value is -2.23. The van der Waals surface area contributed by atoms with Crippen LogP contribution in [0.3, 0.4) is 0 Å². The lowest BCUT2D eigenvalue weighted by Gasteiger charge is -2.06. The van der Waals surface area contributed by atoms with Crippen LogP contribution in [0.1, 0.15) is 10.4 Å². The number of nitrogens with zero attached hydrogens (tertiary/aromatic N) is 2. The van der Waals surface area contributed by atoms with Gasteiger partial charge in [-0.15, -0.1) is 0 Å². The maximum Gasteiger partial charge on any atom is 0.404 e. The normalized spacial score (nSPS) is 9.74. The molecule has 2 amide bonds. The van der Waals surface area contributed by atoms with E-state index in [1.807, 2.05) is 0 Å². The highest BCUT2D eigenvalue weighted by Gasteiger charge is 2.17. The summed E-state index contributed by atoms with van der Waals surface area (Å²) in [7, 11) is 0. The van der Waals surface area contributed by atoms with Crippen molar-refractivity contribution in [2.45, 2.75) is 0 Å². The third kappa shape index (κ3) is 4.50. The van der Waals surface area contributed by atoms with Crippen LogP contribution in [-0.4, -0.2) is 35.1 Å². The van der Waals surface area contributed by atoms with Crippen molar-refractivity contribution in [3.63, 3.8) is 0 Å². The molecule has 0 aliphatic rings. The van der Waals surface area contributed by atoms with E-state index in [1.54, 1.807) is 0 Å². The van der Waals surface area contributed by atoms with Crippen LogP contribution in [0.2, 0.25) is 0 Å². The molecule has 3 N–H and O–H groups in total. The molecule has 0 aliphatic heterocycles. The minimum atomic E-state index is -0.949. The van der Waals surface area contributed by atoms with Gasteiger partial charge in [0.15, 0.2) is 6.20 Å². The van der Waals surface area contributed by atoms with Crippen molar-refractivity contribution in [3.05, 3.63) is 32.4 Å². The number of amides is 2. The van der Waals surface area contributed by atoms with E-state index in [1.165, 1.54) is 0 Å². The van der Waals surface area contributed by atoms with Crippen LogP contribution in [0.5, 0.6) is 0 Å². The van der Waals surface area contributed by atoms with Crippen molar-refractivity contribution < 1.29 is 19.2 Å². The van der Waals surface area contributed by atoms with Gasteiger partial charge in [-0.1, -0.05) is 0 Å². The summed E-state index contributed by atoms with van der Waals surface area (Å²) in [6.07, 6.45) is 0.211. The van der Waals surface area contributed by atoms with E-state index in [0.717, 1.165) is 12.3 Å². The van der Waals surface area contributed by atoms with Gasteiger partial charge in [0.25, 0.3) is 5.91 Å². The molecule has 0 atom stereocenters. The molecule has 1 aromatic heterocycles. The van der Waals surface area contributed by atoms with E-state index < -0.39 is 22.7 Å². The third-order valence-electron chi connectivity index (χ3n) is 1.90. The molecule has 0 saturated heterocycles. The van der Waals surface area contributed by atoms with Gasteiger partial charge in [-0.3, -0.25) is 4.79 Å². The second-order valence-electron chi connectivity index (χ2n) is 3.20. The van der Waals surface area contributed by atoms with Crippen LogP contribution in [0, 0.1) is 10.1 Å². The Labute approximate surface area is 115 Å². The summed E-state index contributed by atoms with van der Waals surface area (Å²) in [5.74, 6) is -1.01. The number of pyridine rings is 1. The maximum atomic E-state index is 11.7. The molecule has 0 saturated carbocycles. The number of halogens is 1. The van der Waals surface area contributed by atoms with Crippen molar-refractivity contribution >= 4 is 33.7 Å². The van der Waals surface area contributed by atoms with Gasteiger partial charge in [0.1, 0.15) is 6.61 Å². The van der Waals surface area contributed by atoms with Crippen LogP contribution in [0.4, 0.5) is 10.6 Å². The summed E-state index contributed by atoms with van der Waals surface area (Å²) in [6.45, 7) is -0.0593. The Bertz CT molecular complexity index is 521. The highest BCUT2D eigenvalue weighted by Crippen LogP contribution is 2.19. The summed E-state index contributed by atoms with van der Waals surface area (Å²) in [5, 5.41) is 13.0. The first kappa shape index (κ1) is 14.8. The van der Waals surface area contributed by atoms with Crippen LogP contribution in [0.15, 0.2) is 16.7 Å². The van der Waals surface area contributed by atoms with E-state index in [9.17, 15) is 19.7 Å². The fourth-order valence-electron chi connectivity index (χ4n) is 1.11. The predicted molar refractivity (Wildman–Crippen MR) is 66.5 cm³/mol. The molecule has 1 rings (SSSR count). The van der Waals surface area contributed by atoms with Gasteiger partial charge < -0.3 is 25.9 Å². The van der Waals surface area contributed by atoms with E-state index in [-0.39, 0.29) is 18.7 Å². The maximum absolute atomic E-state index is 11.7. The number of rotatable bonds is 5. The molecule has 10 heteroatoms. The lowest BCUT2D eigenvalue weighted by Crippen LogP contribution is -2.29. The fraction of sp³-hybridized carbons (Fsp3) is 0.222. The molecule has 0 spiro atoms. The standard InChI is InChI=1S/C9H9BrN4O5/c10-6-4-13-7(14(17)18)3-5(6)8(15)12-1-2-19-9(11)16/h3-4H,1-2H2,(H2,11,16)(H,12,15). The van der Waals surface area contributed by atoms with Gasteiger partial charge in [-0.25, -0.2) is 4.79 Å². The average Bonchev–Trinajstić information content (AvgIpc) is 2.34. The Morgan fingerprint density at radius 1 is 1.58 bits per heavy atom. The van der Waals surface area contributed by atoms with E-state index >= 15 is 0 Å². The van der Waals surface area contributed by atoms with Crippen molar-refractivity contribution in [3.8, 4) is 0 Å². The minimum Gasteiger partial charge on any atom is -0.448 e. The second-order valence-corrected chi connectivity index (χ2v) is 4.06. The van der Waals surface area contributed by atoms with Crippen LogP contribution in [0.25, 0.3) is 0 Å². The first-order valence-corrected chi connectivity index (χ1v) is 5.71. The Kier molecular flexibility index (Phi) is 5.18. The summed E-state index contributed by atoms with van der Waals surface area (Å²) in [4.78, 5) is 35.4. The lowest BCUT2D eigenvalue weighted by molar-refractivity contribution is -0.389. The number of nitrogens with two attached hydrogens (primary N) is 1. The van der Waals surface area contributed by atoms with Gasteiger partial charge in [-0.2, -0.15) is 0 Å². The SMILES string of the molecule is NC(=O)OCCNC(=O)c1cc([N+](=O)[O-])ncc1Br. The number of aromatic nitrogens is 1. The van der Waals surface area contributed by atoms with Crippen LogP contribution in [-0.2, 0) is 4.74 Å². The quantitative estimate of drug-likeness (QED) is 0.459. The molecule has 19 heavy (non-hydrogen) atoms. The summed E-state index contributed by atoms with van der Waals surface area (Å²) >= 11 is 3.06. The van der Waals surface area contributed by atoms with E-state index in [0.29, 0.717) is 4.47 Å². The largest absolute Gasteiger partial charge is 0.448 e. The highest BCUT2D eigenvalue weighted by molar-refractivity contribution is 9.10. The molecule has 0 aliphatic carbocycles. The number of nitro groups is 1. The topological polar surface area (TPSA) is 137 Å². The van der Waals surface area contributed by atoms with Gasteiger partial charge in [0.05, 0.1) is 16.6 Å². The number of hydrogen-bond donors (Lipinski definition) is 2. The Balaban J connectivity index is 2.68. The number of carbonyl (C=O) groups is 2. The smallest absolute Gasteiger partial charge is 0.404 e. The molecule has 0 radical (unpaired) electrons. The third-order valence-corrected chi connectivity index (χ3v) is 2.54. The molecule has 9 nitrogen and oxygen atoms in total. The van der Waals surface area contributed by atoms with Crippen molar-refractivity contribution in [1.82, 2.24) is 10.3 Å². The molecule has 1 aromatic rings. The van der Waals surface area contributed by atoms with Crippen LogP contribution < -0.4 is 11.1 Å². The van der Waals surface area contributed by atoms with Crippen molar-refractivity contribution in [2.75, 3.05) is 13.2 Å². The predicted octanol–water partition coefficient (Wildman–Crippen LogP) is 0.577. The molecule has 0 bridgehead atoms. The highest BCUT2D eigenvalue weighted by atomic mass is 79.9. The number of primary amides is 1. The van der Waals surface area contributed by atoms with Gasteiger partial charge in [0.2, 0.25) is 0 Å². The number of ether oxygens (including phenoxy) is 1. The first-order valence-electron chi connectivity index (χ1n) is 4.92. The summed E-state index contributed by atoms with van der Waals surface area (Å²) in [5.41, 5.74) is 4.79. The minimum absolute atomic E-state index is 0.0321. The lowest BCUT2D eigenvalue weighted by atomic mass is 10.2. The van der Waals surface area contributed by atoms with Gasteiger partial charge >= 0.3 is 11.9 Å². The molecular formula is C9H9BrN4O5. The molecule has 0 aromatic carbocycles. The molecule has 102 valence electrons. The number of hydrogen-bond acceptors (Lipinski definition) is 6. The zero-order valence-electron chi connectivity index (χ0n) is 9.46.